The van der Waals surface area contributed by atoms with Crippen molar-refractivity contribution in [2.75, 3.05) is 12.4 Å². The maximum atomic E-state index is 10.9. The van der Waals surface area contributed by atoms with Crippen LogP contribution in [0.3, 0.4) is 0 Å². The van der Waals surface area contributed by atoms with Crippen molar-refractivity contribution in [2.24, 2.45) is 0 Å². The number of aromatic hydroxyl groups is 1. The lowest BCUT2D eigenvalue weighted by Crippen LogP contribution is -2.33. The van der Waals surface area contributed by atoms with Gasteiger partial charge in [0.25, 0.3) is 0 Å². The zero-order chi connectivity index (χ0) is 13.1. The minimum absolute atomic E-state index is 0.0791. The molecule has 1 fully saturated rings. The summed E-state index contributed by atoms with van der Waals surface area (Å²) in [7, 11) is 0. The zero-order valence-corrected chi connectivity index (χ0v) is 10.7. The van der Waals surface area contributed by atoms with Gasteiger partial charge in [-0.3, -0.25) is 10.1 Å². The summed E-state index contributed by atoms with van der Waals surface area (Å²) in [6, 6.07) is 4.68. The number of aliphatic carboxylic acids is 1. The number of benzene rings is 1. The molecule has 1 aliphatic heterocycles. The molecule has 2 atom stereocenters. The van der Waals surface area contributed by atoms with Crippen molar-refractivity contribution < 1.29 is 19.7 Å². The fourth-order valence-corrected chi connectivity index (χ4v) is 3.07. The Kier molecular flexibility index (Phi) is 3.98. The first-order valence-electron chi connectivity index (χ1n) is 5.68. The van der Waals surface area contributed by atoms with E-state index < -0.39 is 12.0 Å². The highest BCUT2D eigenvalue weighted by Gasteiger charge is 2.32. The van der Waals surface area contributed by atoms with Crippen LogP contribution in [0.2, 0.25) is 0 Å². The van der Waals surface area contributed by atoms with Crippen molar-refractivity contribution in [3.8, 4) is 11.5 Å². The molecule has 1 aromatic rings. The van der Waals surface area contributed by atoms with Crippen LogP contribution in [0.4, 0.5) is 0 Å². The molecule has 5 nitrogen and oxygen atoms in total. The number of carboxylic acid groups (broad SMARTS) is 1. The number of phenols is 1. The summed E-state index contributed by atoms with van der Waals surface area (Å²) >= 11 is 1.47. The van der Waals surface area contributed by atoms with Crippen LogP contribution in [-0.2, 0) is 4.79 Å². The van der Waals surface area contributed by atoms with Crippen LogP contribution in [0.5, 0.6) is 11.5 Å². The second-order valence-corrected chi connectivity index (χ2v) is 5.04. The van der Waals surface area contributed by atoms with Crippen LogP contribution in [0.25, 0.3) is 0 Å². The van der Waals surface area contributed by atoms with E-state index in [-0.39, 0.29) is 11.1 Å². The van der Waals surface area contributed by atoms with E-state index >= 15 is 0 Å². The molecule has 0 amide bonds. The minimum atomic E-state index is -0.870. The monoisotopic (exact) mass is 269 g/mol. The summed E-state index contributed by atoms with van der Waals surface area (Å²) < 4.78 is 5.31. The molecule has 18 heavy (non-hydrogen) atoms. The average Bonchev–Trinajstić information content (AvgIpc) is 2.81. The van der Waals surface area contributed by atoms with E-state index in [1.54, 1.807) is 18.2 Å². The maximum absolute atomic E-state index is 10.9. The first kappa shape index (κ1) is 13.0. The summed E-state index contributed by atoms with van der Waals surface area (Å²) in [5.41, 5.74) is 0.662. The van der Waals surface area contributed by atoms with Gasteiger partial charge in [-0.05, 0) is 13.0 Å². The first-order chi connectivity index (χ1) is 8.63. The number of phenolic OH excluding ortho intramolecular Hbond substituents is 1. The number of para-hydroxylation sites is 1. The molecular formula is C12H15NO4S. The van der Waals surface area contributed by atoms with Crippen LogP contribution in [0.15, 0.2) is 18.2 Å². The second kappa shape index (κ2) is 5.49. The Labute approximate surface area is 109 Å². The lowest BCUT2D eigenvalue weighted by Gasteiger charge is -2.15. The molecule has 3 N–H and O–H groups in total. The van der Waals surface area contributed by atoms with Crippen LogP contribution in [-0.4, -0.2) is 34.6 Å². The van der Waals surface area contributed by atoms with Crippen molar-refractivity contribution in [1.82, 2.24) is 5.32 Å². The normalized spacial score (nSPS) is 22.9. The first-order valence-corrected chi connectivity index (χ1v) is 6.73. The molecule has 6 heteroatoms. The fraction of sp³-hybridized carbons (Fsp3) is 0.417. The Morgan fingerprint density at radius 3 is 3.00 bits per heavy atom. The molecule has 0 radical (unpaired) electrons. The fourth-order valence-electron chi connectivity index (χ4n) is 1.82. The third-order valence-electron chi connectivity index (χ3n) is 2.69. The van der Waals surface area contributed by atoms with Crippen molar-refractivity contribution in [1.29, 1.82) is 0 Å². The van der Waals surface area contributed by atoms with E-state index in [2.05, 4.69) is 5.32 Å². The van der Waals surface area contributed by atoms with Gasteiger partial charge in [-0.25, -0.2) is 0 Å². The van der Waals surface area contributed by atoms with E-state index in [9.17, 15) is 9.90 Å². The molecule has 0 aromatic heterocycles. The molecular weight excluding hydrogens is 254 g/mol. The summed E-state index contributed by atoms with van der Waals surface area (Å²) in [5, 5.41) is 21.8. The van der Waals surface area contributed by atoms with Gasteiger partial charge in [0.15, 0.2) is 11.5 Å². The maximum Gasteiger partial charge on any atom is 0.321 e. The predicted octanol–water partition coefficient (Wildman–Crippen LogP) is 1.58. The highest BCUT2D eigenvalue weighted by Crippen LogP contribution is 2.41. The zero-order valence-electron chi connectivity index (χ0n) is 9.92. The van der Waals surface area contributed by atoms with Gasteiger partial charge >= 0.3 is 5.97 Å². The number of rotatable bonds is 4. The largest absolute Gasteiger partial charge is 0.504 e. The number of carbonyl (C=O) groups is 1. The Hall–Kier alpha value is -1.40. The van der Waals surface area contributed by atoms with Crippen LogP contribution in [0.1, 0.15) is 17.9 Å². The number of hydrogen-bond donors (Lipinski definition) is 3. The third kappa shape index (κ3) is 2.54. The summed E-state index contributed by atoms with van der Waals surface area (Å²) in [6.45, 7) is 2.31. The number of hydrogen-bond acceptors (Lipinski definition) is 5. The predicted molar refractivity (Wildman–Crippen MR) is 69.0 cm³/mol. The van der Waals surface area contributed by atoms with Gasteiger partial charge < -0.3 is 14.9 Å². The molecule has 1 aromatic carbocycles. The van der Waals surface area contributed by atoms with Crippen molar-refractivity contribution in [3.63, 3.8) is 0 Å². The number of nitrogens with one attached hydrogen (secondary N) is 1. The second-order valence-electron chi connectivity index (χ2n) is 3.90. The van der Waals surface area contributed by atoms with Gasteiger partial charge in [0, 0.05) is 11.3 Å². The van der Waals surface area contributed by atoms with Crippen LogP contribution >= 0.6 is 11.8 Å². The van der Waals surface area contributed by atoms with Gasteiger partial charge in [0.1, 0.15) is 6.04 Å². The average molecular weight is 269 g/mol. The quantitative estimate of drug-likeness (QED) is 0.770. The molecule has 0 spiro atoms. The van der Waals surface area contributed by atoms with Crippen molar-refractivity contribution >= 4 is 17.7 Å². The lowest BCUT2D eigenvalue weighted by molar-refractivity contribution is -0.138. The van der Waals surface area contributed by atoms with Gasteiger partial charge in [-0.1, -0.05) is 12.1 Å². The van der Waals surface area contributed by atoms with E-state index in [1.807, 2.05) is 6.92 Å². The van der Waals surface area contributed by atoms with E-state index in [1.165, 1.54) is 11.8 Å². The Bertz CT molecular complexity index is 452. The highest BCUT2D eigenvalue weighted by atomic mass is 32.2. The number of ether oxygens (including phenoxy) is 1. The third-order valence-corrected chi connectivity index (χ3v) is 3.94. The molecule has 1 aliphatic rings. The van der Waals surface area contributed by atoms with Crippen LogP contribution in [0, 0.1) is 0 Å². The SMILES string of the molecule is CCOc1cccc([C@@H]2N[C@@H](C(=O)O)CS2)c1O. The molecule has 1 saturated heterocycles. The number of carboxylic acids is 1. The van der Waals surface area contributed by atoms with Crippen LogP contribution < -0.4 is 10.1 Å². The minimum Gasteiger partial charge on any atom is -0.504 e. The van der Waals surface area contributed by atoms with Gasteiger partial charge in [-0.2, -0.15) is 0 Å². The summed E-state index contributed by atoms with van der Waals surface area (Å²) in [5.74, 6) is 0.121. The highest BCUT2D eigenvalue weighted by molar-refractivity contribution is 7.99. The summed E-state index contributed by atoms with van der Waals surface area (Å²) in [4.78, 5) is 10.9. The Balaban J connectivity index is 2.19. The molecule has 2 rings (SSSR count). The number of thioether (sulfide) groups is 1. The molecule has 98 valence electrons. The molecule has 0 aliphatic carbocycles. The van der Waals surface area contributed by atoms with E-state index in [4.69, 9.17) is 9.84 Å². The molecule has 0 saturated carbocycles. The molecule has 1 heterocycles. The summed E-state index contributed by atoms with van der Waals surface area (Å²) in [6.07, 6.45) is 0. The molecule has 0 unspecified atom stereocenters. The van der Waals surface area contributed by atoms with Crippen molar-refractivity contribution in [3.05, 3.63) is 23.8 Å². The van der Waals surface area contributed by atoms with Gasteiger partial charge in [-0.15, -0.1) is 11.8 Å². The van der Waals surface area contributed by atoms with E-state index in [0.29, 0.717) is 23.7 Å². The lowest BCUT2D eigenvalue weighted by atomic mass is 10.1. The van der Waals surface area contributed by atoms with Crippen molar-refractivity contribution in [2.45, 2.75) is 18.3 Å². The van der Waals surface area contributed by atoms with Gasteiger partial charge in [0.05, 0.1) is 12.0 Å². The Morgan fingerprint density at radius 1 is 1.61 bits per heavy atom. The smallest absolute Gasteiger partial charge is 0.321 e. The standard InChI is InChI=1S/C12H15NO4S/c1-2-17-9-5-3-4-7(10(9)14)11-13-8(6-18-11)12(15)16/h3-5,8,11,13-14H,2,6H2,1H3,(H,15,16)/t8-,11-/m1/s1. The van der Waals surface area contributed by atoms with E-state index in [0.717, 1.165) is 0 Å². The Morgan fingerprint density at radius 2 is 2.39 bits per heavy atom. The molecule has 0 bridgehead atoms. The topological polar surface area (TPSA) is 78.8 Å². The van der Waals surface area contributed by atoms with Gasteiger partial charge in [0.2, 0.25) is 0 Å².